The molecule has 1 unspecified atom stereocenters. The van der Waals surface area contributed by atoms with Crippen LogP contribution < -0.4 is 10.2 Å². The number of hydroxylamine groups is 2. The molecule has 144 valence electrons. The molecule has 1 atom stereocenters. The first-order valence-electron chi connectivity index (χ1n) is 9.97. The monoisotopic (exact) mass is 369 g/mol. The zero-order chi connectivity index (χ0) is 18.5. The van der Waals surface area contributed by atoms with Crippen molar-refractivity contribution in [1.29, 1.82) is 0 Å². The predicted octanol–water partition coefficient (Wildman–Crippen LogP) is 3.26. The number of piperidine rings is 1. The Morgan fingerprint density at radius 3 is 2.78 bits per heavy atom. The molecular formula is C21H27N3O3. The van der Waals surface area contributed by atoms with Crippen LogP contribution in [0, 0.1) is 5.21 Å². The number of rotatable bonds is 2. The van der Waals surface area contributed by atoms with E-state index in [1.54, 1.807) is 19.3 Å². The quantitative estimate of drug-likeness (QED) is 0.641. The van der Waals surface area contributed by atoms with Crippen molar-refractivity contribution in [3.05, 3.63) is 52.9 Å². The van der Waals surface area contributed by atoms with Crippen molar-refractivity contribution >= 4 is 5.70 Å². The third-order valence-electron chi connectivity index (χ3n) is 6.28. The Balaban J connectivity index is 1.30. The molecule has 1 aromatic carbocycles. The van der Waals surface area contributed by atoms with Crippen LogP contribution >= 0.6 is 0 Å². The van der Waals surface area contributed by atoms with Gasteiger partial charge in [-0.3, -0.25) is 4.90 Å². The molecular weight excluding hydrogens is 342 g/mol. The lowest BCUT2D eigenvalue weighted by atomic mass is 9.89. The second-order valence-corrected chi connectivity index (χ2v) is 8.27. The highest BCUT2D eigenvalue weighted by Crippen LogP contribution is 2.40. The van der Waals surface area contributed by atoms with E-state index in [1.165, 1.54) is 19.3 Å². The molecule has 27 heavy (non-hydrogen) atoms. The summed E-state index contributed by atoms with van der Waals surface area (Å²) in [6, 6.07) is 6.88. The van der Waals surface area contributed by atoms with Crippen LogP contribution in [0.3, 0.4) is 0 Å². The van der Waals surface area contributed by atoms with E-state index in [0.29, 0.717) is 6.61 Å². The van der Waals surface area contributed by atoms with E-state index in [4.69, 9.17) is 9.47 Å². The second kappa shape index (κ2) is 6.34. The Bertz CT molecular complexity index is 790. The van der Waals surface area contributed by atoms with E-state index in [-0.39, 0.29) is 0 Å². The number of nitrogens with zero attached hydrogens (tertiary/aromatic N) is 2. The zero-order valence-electron chi connectivity index (χ0n) is 15.8. The van der Waals surface area contributed by atoms with Gasteiger partial charge in [0.05, 0.1) is 19.4 Å². The van der Waals surface area contributed by atoms with Gasteiger partial charge in [-0.1, -0.05) is 6.42 Å². The number of fused-ring (bicyclic) bond motifs is 1. The highest BCUT2D eigenvalue weighted by atomic mass is 16.7. The van der Waals surface area contributed by atoms with Crippen LogP contribution in [0.1, 0.15) is 43.2 Å². The van der Waals surface area contributed by atoms with E-state index in [9.17, 15) is 5.21 Å². The minimum atomic E-state index is -0.615. The van der Waals surface area contributed by atoms with Crippen molar-refractivity contribution in [3.63, 3.8) is 0 Å². The molecule has 3 heterocycles. The Morgan fingerprint density at radius 1 is 1.26 bits per heavy atom. The number of allylic oxidation sites excluding steroid dienone is 2. The lowest BCUT2D eigenvalue weighted by molar-refractivity contribution is -0.847. The number of hydrogen-bond acceptors (Lipinski definition) is 5. The van der Waals surface area contributed by atoms with Gasteiger partial charge in [0.1, 0.15) is 11.9 Å². The van der Waals surface area contributed by atoms with Crippen LogP contribution in [0.2, 0.25) is 0 Å². The van der Waals surface area contributed by atoms with Crippen molar-refractivity contribution in [3.8, 4) is 5.75 Å². The van der Waals surface area contributed by atoms with E-state index in [1.807, 2.05) is 18.2 Å². The van der Waals surface area contributed by atoms with Gasteiger partial charge in [0.15, 0.2) is 0 Å². The topological polar surface area (TPSA) is 56.8 Å². The fourth-order valence-electron chi connectivity index (χ4n) is 4.40. The molecule has 5 rings (SSSR count). The fraction of sp³-hybridized carbons (Fsp3) is 0.524. The van der Waals surface area contributed by atoms with Crippen LogP contribution in [-0.2, 0) is 11.3 Å². The largest absolute Gasteiger partial charge is 0.602 e. The van der Waals surface area contributed by atoms with Gasteiger partial charge in [-0.05, 0) is 43.2 Å². The first-order valence-corrected chi connectivity index (χ1v) is 9.97. The molecule has 1 aliphatic carbocycles. The van der Waals surface area contributed by atoms with Crippen molar-refractivity contribution in [1.82, 2.24) is 10.3 Å². The van der Waals surface area contributed by atoms with Crippen LogP contribution in [0.15, 0.2) is 36.6 Å². The summed E-state index contributed by atoms with van der Waals surface area (Å²) in [5.74, 6) is 0.443. The highest BCUT2D eigenvalue weighted by Gasteiger charge is 2.42. The number of likely N-dealkylation sites (tertiary alicyclic amines) is 1. The average molecular weight is 369 g/mol. The summed E-state index contributed by atoms with van der Waals surface area (Å²) in [4.78, 5) is 2.60. The molecule has 1 aromatic rings. The van der Waals surface area contributed by atoms with E-state index in [0.717, 1.165) is 54.5 Å². The third kappa shape index (κ3) is 3.27. The highest BCUT2D eigenvalue weighted by molar-refractivity contribution is 5.67. The summed E-state index contributed by atoms with van der Waals surface area (Å²) in [5.41, 5.74) is 5.79. The molecule has 4 aliphatic rings. The molecule has 3 aliphatic heterocycles. The molecule has 1 spiro atoms. The molecule has 1 saturated carbocycles. The van der Waals surface area contributed by atoms with Crippen LogP contribution in [0.25, 0.3) is 5.70 Å². The van der Waals surface area contributed by atoms with Gasteiger partial charge in [-0.25, -0.2) is 10.2 Å². The number of ether oxygens (including phenoxy) is 2. The normalized spacial score (nSPS) is 30.1. The maximum absolute atomic E-state index is 12.1. The summed E-state index contributed by atoms with van der Waals surface area (Å²) < 4.78 is 12.0. The van der Waals surface area contributed by atoms with Gasteiger partial charge in [0.25, 0.3) is 0 Å². The smallest absolute Gasteiger partial charge is 0.213 e. The molecule has 1 saturated heterocycles. The number of quaternary nitrogens is 1. The van der Waals surface area contributed by atoms with Gasteiger partial charge in [-0.15, -0.1) is 0 Å². The molecule has 1 N–H and O–H groups in total. The summed E-state index contributed by atoms with van der Waals surface area (Å²) in [6.07, 6.45) is 11.2. The van der Waals surface area contributed by atoms with E-state index in [2.05, 4.69) is 16.4 Å². The van der Waals surface area contributed by atoms with Crippen LogP contribution in [0.4, 0.5) is 0 Å². The molecule has 0 amide bonds. The Labute approximate surface area is 160 Å². The van der Waals surface area contributed by atoms with E-state index < -0.39 is 10.5 Å². The second-order valence-electron chi connectivity index (χ2n) is 8.27. The Kier molecular flexibility index (Phi) is 4.05. The molecule has 2 fully saturated rings. The number of benzene rings is 1. The lowest BCUT2D eigenvalue weighted by Crippen LogP contribution is -2.54. The molecule has 6 nitrogen and oxygen atoms in total. The first kappa shape index (κ1) is 17.3. The van der Waals surface area contributed by atoms with Gasteiger partial charge >= 0.3 is 0 Å². The number of nitrogens with one attached hydrogen (secondary N) is 1. The maximum Gasteiger partial charge on any atom is 0.213 e. The van der Waals surface area contributed by atoms with Crippen molar-refractivity contribution < 1.29 is 14.2 Å². The Hall–Kier alpha value is -1.86. The summed E-state index contributed by atoms with van der Waals surface area (Å²) in [5, 5.41) is 12.1. The van der Waals surface area contributed by atoms with Gasteiger partial charge in [0, 0.05) is 43.1 Å². The van der Waals surface area contributed by atoms with Crippen LogP contribution in [-0.4, -0.2) is 41.6 Å². The lowest BCUT2D eigenvalue weighted by Gasteiger charge is -2.47. The van der Waals surface area contributed by atoms with Crippen molar-refractivity contribution in [2.75, 3.05) is 20.1 Å². The summed E-state index contributed by atoms with van der Waals surface area (Å²) in [7, 11) is 1.56. The third-order valence-corrected chi connectivity index (χ3v) is 6.28. The van der Waals surface area contributed by atoms with Crippen molar-refractivity contribution in [2.24, 2.45) is 0 Å². The maximum atomic E-state index is 12.1. The summed E-state index contributed by atoms with van der Waals surface area (Å²) in [6.45, 7) is 2.67. The average Bonchev–Trinajstić information content (AvgIpc) is 2.61. The molecule has 0 radical (unpaired) electrons. The van der Waals surface area contributed by atoms with E-state index >= 15 is 0 Å². The van der Waals surface area contributed by atoms with Crippen molar-refractivity contribution in [2.45, 2.75) is 50.5 Å². The SMILES string of the molecule is C[N+]1([O-])C=CC=C(c2ccc3c(c2)COC2(CCN(C4CCC4)CC2)O3)N1. The van der Waals surface area contributed by atoms with Gasteiger partial charge in [0.2, 0.25) is 5.79 Å². The first-order chi connectivity index (χ1) is 13.0. The van der Waals surface area contributed by atoms with Gasteiger partial charge < -0.3 is 14.7 Å². The number of hydrogen-bond donors (Lipinski definition) is 1. The summed E-state index contributed by atoms with van der Waals surface area (Å²) >= 11 is 0. The zero-order valence-corrected chi connectivity index (χ0v) is 15.8. The standard InChI is InChI=1S/C21H27N3O3/c1-24(25)13-3-6-19(22-24)16-7-8-20-17(14-16)15-26-21(27-20)9-11-23(12-10-21)18-4-2-5-18/h3,6-8,13-14,18,22H,2,4-5,9-12,15H2,1H3. The van der Waals surface area contributed by atoms with Gasteiger partial charge in [-0.2, -0.15) is 0 Å². The predicted molar refractivity (Wildman–Crippen MR) is 103 cm³/mol. The minimum Gasteiger partial charge on any atom is -0.602 e. The molecule has 6 heteroatoms. The van der Waals surface area contributed by atoms with Crippen LogP contribution in [0.5, 0.6) is 5.75 Å². The minimum absolute atomic E-state index is 0.468. The fourth-order valence-corrected chi connectivity index (χ4v) is 4.40. The molecule has 0 bridgehead atoms. The molecule has 0 aromatic heterocycles. The Morgan fingerprint density at radius 2 is 2.07 bits per heavy atom.